The first-order valence-electron chi connectivity index (χ1n) is 4.30. The van der Waals surface area contributed by atoms with Gasteiger partial charge in [-0.1, -0.05) is 5.16 Å². The van der Waals surface area contributed by atoms with Crippen LogP contribution in [-0.4, -0.2) is 10.1 Å². The van der Waals surface area contributed by atoms with Crippen molar-refractivity contribution in [1.82, 2.24) is 10.1 Å². The predicted molar refractivity (Wildman–Crippen MR) is 55.2 cm³/mol. The Hall–Kier alpha value is -1.34. The lowest BCUT2D eigenvalue weighted by atomic mass is 10.2. The first-order chi connectivity index (χ1) is 7.63. The van der Waals surface area contributed by atoms with E-state index in [1.165, 1.54) is 6.07 Å². The topological polar surface area (TPSA) is 64.9 Å². The summed E-state index contributed by atoms with van der Waals surface area (Å²) in [6.07, 6.45) is 0. The average Bonchev–Trinajstić information content (AvgIpc) is 2.74. The highest BCUT2D eigenvalue weighted by Gasteiger charge is 2.16. The quantitative estimate of drug-likeness (QED) is 0.861. The summed E-state index contributed by atoms with van der Waals surface area (Å²) in [5.41, 5.74) is 5.60. The molecule has 1 heterocycles. The van der Waals surface area contributed by atoms with E-state index < -0.39 is 11.6 Å². The molecule has 84 valence electrons. The van der Waals surface area contributed by atoms with E-state index in [2.05, 4.69) is 26.1 Å². The molecule has 0 aliphatic rings. The van der Waals surface area contributed by atoms with Crippen molar-refractivity contribution in [3.63, 3.8) is 0 Å². The largest absolute Gasteiger partial charge is 0.338 e. The molecule has 0 unspecified atom stereocenters. The Labute approximate surface area is 97.6 Å². The molecule has 0 spiro atoms. The van der Waals surface area contributed by atoms with Crippen molar-refractivity contribution in [3.8, 4) is 11.4 Å². The van der Waals surface area contributed by atoms with Crippen LogP contribution in [0.25, 0.3) is 11.4 Å². The van der Waals surface area contributed by atoms with Gasteiger partial charge >= 0.3 is 0 Å². The molecular formula is C9H6BrF2N3O. The first kappa shape index (κ1) is 11.2. The molecule has 2 N–H and O–H groups in total. The van der Waals surface area contributed by atoms with Gasteiger partial charge in [-0.05, 0) is 28.1 Å². The van der Waals surface area contributed by atoms with Crippen LogP contribution < -0.4 is 5.73 Å². The molecule has 2 aromatic rings. The first-order valence-corrected chi connectivity index (χ1v) is 5.09. The molecule has 4 nitrogen and oxygen atoms in total. The number of halogens is 3. The standard InChI is InChI=1S/C9H6BrF2N3O/c10-7-4(1-2-5(11)8(7)12)9-14-6(3-13)16-15-9/h1-2H,3,13H2. The van der Waals surface area contributed by atoms with Crippen LogP contribution >= 0.6 is 15.9 Å². The van der Waals surface area contributed by atoms with Crippen molar-refractivity contribution in [2.45, 2.75) is 6.54 Å². The van der Waals surface area contributed by atoms with Crippen LogP contribution in [-0.2, 0) is 6.54 Å². The summed E-state index contributed by atoms with van der Waals surface area (Å²) in [5.74, 6) is -1.55. The molecule has 0 saturated carbocycles. The molecule has 1 aromatic carbocycles. The monoisotopic (exact) mass is 289 g/mol. The van der Waals surface area contributed by atoms with E-state index in [0.717, 1.165) is 6.07 Å². The molecule has 2 rings (SSSR count). The lowest BCUT2D eigenvalue weighted by Gasteiger charge is -2.00. The lowest BCUT2D eigenvalue weighted by molar-refractivity contribution is 0.380. The number of aromatic nitrogens is 2. The molecule has 0 saturated heterocycles. The second-order valence-electron chi connectivity index (χ2n) is 2.94. The van der Waals surface area contributed by atoms with Gasteiger partial charge in [-0.3, -0.25) is 0 Å². The number of rotatable bonds is 2. The maximum Gasteiger partial charge on any atom is 0.240 e. The predicted octanol–water partition coefficient (Wildman–Crippen LogP) is 2.24. The van der Waals surface area contributed by atoms with E-state index in [-0.39, 0.29) is 22.7 Å². The van der Waals surface area contributed by atoms with Crippen molar-refractivity contribution < 1.29 is 13.3 Å². The highest BCUT2D eigenvalue weighted by Crippen LogP contribution is 2.29. The second kappa shape index (κ2) is 4.26. The highest BCUT2D eigenvalue weighted by atomic mass is 79.9. The summed E-state index contributed by atoms with van der Waals surface area (Å²) in [7, 11) is 0. The van der Waals surface area contributed by atoms with Gasteiger partial charge in [0.1, 0.15) is 0 Å². The second-order valence-corrected chi connectivity index (χ2v) is 3.73. The highest BCUT2D eigenvalue weighted by molar-refractivity contribution is 9.10. The van der Waals surface area contributed by atoms with Gasteiger partial charge in [0, 0.05) is 5.56 Å². The van der Waals surface area contributed by atoms with Gasteiger partial charge in [0.2, 0.25) is 11.7 Å². The molecule has 0 amide bonds. The van der Waals surface area contributed by atoms with E-state index in [9.17, 15) is 8.78 Å². The van der Waals surface area contributed by atoms with Crippen molar-refractivity contribution in [2.75, 3.05) is 0 Å². The molecule has 0 atom stereocenters. The zero-order chi connectivity index (χ0) is 11.7. The fourth-order valence-corrected chi connectivity index (χ4v) is 1.64. The summed E-state index contributed by atoms with van der Waals surface area (Å²) in [6.45, 7) is 0.0916. The van der Waals surface area contributed by atoms with Gasteiger partial charge in [-0.2, -0.15) is 4.98 Å². The number of hydrogen-bond donors (Lipinski definition) is 1. The minimum atomic E-state index is -0.989. The van der Waals surface area contributed by atoms with Crippen molar-refractivity contribution in [2.24, 2.45) is 5.73 Å². The number of hydrogen-bond acceptors (Lipinski definition) is 4. The lowest BCUT2D eigenvalue weighted by Crippen LogP contribution is -1.96. The zero-order valence-electron chi connectivity index (χ0n) is 7.88. The van der Waals surface area contributed by atoms with Gasteiger partial charge in [-0.25, -0.2) is 8.78 Å². The smallest absolute Gasteiger partial charge is 0.240 e. The van der Waals surface area contributed by atoms with Gasteiger partial charge < -0.3 is 10.3 Å². The maximum atomic E-state index is 13.2. The average molecular weight is 290 g/mol. The Morgan fingerprint density at radius 2 is 2.12 bits per heavy atom. The van der Waals surface area contributed by atoms with Crippen LogP contribution in [0.1, 0.15) is 5.89 Å². The summed E-state index contributed by atoms with van der Waals surface area (Å²) in [6, 6.07) is 2.35. The van der Waals surface area contributed by atoms with Crippen LogP contribution in [0.2, 0.25) is 0 Å². The molecule has 0 bridgehead atoms. The van der Waals surface area contributed by atoms with Crippen molar-refractivity contribution in [1.29, 1.82) is 0 Å². The molecule has 0 radical (unpaired) electrons. The zero-order valence-corrected chi connectivity index (χ0v) is 9.46. The summed E-state index contributed by atoms with van der Waals surface area (Å²) in [5, 5.41) is 3.60. The Balaban J connectivity index is 2.52. The fourth-order valence-electron chi connectivity index (χ4n) is 1.15. The minimum absolute atomic E-state index is 0.0446. The van der Waals surface area contributed by atoms with E-state index in [4.69, 9.17) is 10.3 Å². The summed E-state index contributed by atoms with van der Waals surface area (Å²) < 4.78 is 30.8. The number of nitrogens with zero attached hydrogens (tertiary/aromatic N) is 2. The SMILES string of the molecule is NCc1nc(-c2ccc(F)c(F)c2Br)no1. The molecule has 16 heavy (non-hydrogen) atoms. The molecule has 1 aromatic heterocycles. The van der Waals surface area contributed by atoms with Gasteiger partial charge in [-0.15, -0.1) is 0 Å². The van der Waals surface area contributed by atoms with Crippen molar-refractivity contribution in [3.05, 3.63) is 34.1 Å². The Morgan fingerprint density at radius 1 is 1.38 bits per heavy atom. The summed E-state index contributed by atoms with van der Waals surface area (Å²) in [4.78, 5) is 3.91. The van der Waals surface area contributed by atoms with Gasteiger partial charge in [0.15, 0.2) is 11.6 Å². The third kappa shape index (κ3) is 1.83. The third-order valence-electron chi connectivity index (χ3n) is 1.92. The minimum Gasteiger partial charge on any atom is -0.338 e. The Kier molecular flexibility index (Phi) is 2.97. The van der Waals surface area contributed by atoms with E-state index >= 15 is 0 Å². The summed E-state index contributed by atoms with van der Waals surface area (Å²) >= 11 is 2.93. The molecule has 0 aliphatic carbocycles. The van der Waals surface area contributed by atoms with E-state index in [0.29, 0.717) is 5.56 Å². The maximum absolute atomic E-state index is 13.2. The fraction of sp³-hybridized carbons (Fsp3) is 0.111. The third-order valence-corrected chi connectivity index (χ3v) is 2.69. The normalized spacial score (nSPS) is 10.8. The van der Waals surface area contributed by atoms with Crippen LogP contribution in [0, 0.1) is 11.6 Å². The van der Waals surface area contributed by atoms with E-state index in [1.807, 2.05) is 0 Å². The van der Waals surface area contributed by atoms with Crippen LogP contribution in [0.15, 0.2) is 21.1 Å². The van der Waals surface area contributed by atoms with E-state index in [1.54, 1.807) is 0 Å². The number of nitrogens with two attached hydrogens (primary N) is 1. The molecule has 0 fully saturated rings. The van der Waals surface area contributed by atoms with Crippen LogP contribution in [0.5, 0.6) is 0 Å². The molecular weight excluding hydrogens is 284 g/mol. The molecule has 7 heteroatoms. The van der Waals surface area contributed by atoms with Gasteiger partial charge in [0.05, 0.1) is 11.0 Å². The molecule has 0 aliphatic heterocycles. The van der Waals surface area contributed by atoms with Crippen LogP contribution in [0.4, 0.5) is 8.78 Å². The Bertz CT molecular complexity index is 529. The van der Waals surface area contributed by atoms with Crippen molar-refractivity contribution >= 4 is 15.9 Å². The van der Waals surface area contributed by atoms with Crippen LogP contribution in [0.3, 0.4) is 0 Å². The van der Waals surface area contributed by atoms with Gasteiger partial charge in [0.25, 0.3) is 0 Å². The number of benzene rings is 1. The Morgan fingerprint density at radius 3 is 2.75 bits per heavy atom.